The molecule has 1 aromatic heterocycles. The summed E-state index contributed by atoms with van der Waals surface area (Å²) in [6, 6.07) is 0. The summed E-state index contributed by atoms with van der Waals surface area (Å²) < 4.78 is 0.944. The second kappa shape index (κ2) is 2.65. The van der Waals surface area contributed by atoms with Crippen LogP contribution in [-0.4, -0.2) is 15.1 Å². The lowest BCUT2D eigenvalue weighted by Crippen LogP contribution is -2.13. The molecule has 1 rings (SSSR count). The van der Waals surface area contributed by atoms with Gasteiger partial charge in [0.15, 0.2) is 0 Å². The molecule has 0 aromatic carbocycles. The van der Waals surface area contributed by atoms with E-state index < -0.39 is 0 Å². The largest absolute Gasteiger partial charge is 0.429 e. The van der Waals surface area contributed by atoms with Crippen molar-refractivity contribution in [3.8, 4) is 0 Å². The molecule has 0 fully saturated rings. The van der Waals surface area contributed by atoms with E-state index in [2.05, 4.69) is 5.16 Å². The molecular formula is C7H10N2O2. The van der Waals surface area contributed by atoms with Crippen LogP contribution in [0.15, 0.2) is 17.5 Å². The predicted octanol–water partition coefficient (Wildman–Crippen LogP) is 0.632. The quantitative estimate of drug-likeness (QED) is 0.327. The minimum Gasteiger partial charge on any atom is -0.429 e. The third-order valence-corrected chi connectivity index (χ3v) is 1.50. The van der Waals surface area contributed by atoms with Crippen molar-refractivity contribution < 1.29 is 10.4 Å². The third-order valence-electron chi connectivity index (χ3n) is 1.50. The number of aromatic nitrogens is 1. The highest BCUT2D eigenvalue weighted by molar-refractivity contribution is 5.14. The standard InChI is InChI=1S/C7H10N2O2/c1-5-3-9(11)4-6(2)7(5)8-10/h3-4,10-11H,1-2H3. The monoisotopic (exact) mass is 154 g/mol. The first kappa shape index (κ1) is 7.65. The molecular weight excluding hydrogens is 144 g/mol. The number of hydrogen-bond acceptors (Lipinski definition) is 3. The number of pyridine rings is 1. The van der Waals surface area contributed by atoms with Crippen molar-refractivity contribution in [2.75, 3.05) is 0 Å². The number of aryl methyl sites for hydroxylation is 2. The van der Waals surface area contributed by atoms with Gasteiger partial charge in [-0.3, -0.25) is 0 Å². The van der Waals surface area contributed by atoms with E-state index in [9.17, 15) is 0 Å². The maximum atomic E-state index is 9.01. The van der Waals surface area contributed by atoms with Crippen molar-refractivity contribution in [1.82, 2.24) is 4.73 Å². The van der Waals surface area contributed by atoms with Crippen LogP contribution in [0, 0.1) is 13.8 Å². The Morgan fingerprint density at radius 1 is 1.27 bits per heavy atom. The average Bonchev–Trinajstić information content (AvgIpc) is 1.85. The number of rotatable bonds is 0. The van der Waals surface area contributed by atoms with Crippen LogP contribution in [0.2, 0.25) is 0 Å². The highest BCUT2D eigenvalue weighted by Gasteiger charge is 1.96. The van der Waals surface area contributed by atoms with E-state index in [1.54, 1.807) is 13.8 Å². The maximum Gasteiger partial charge on any atom is 0.111 e. The van der Waals surface area contributed by atoms with E-state index in [1.807, 2.05) is 0 Å². The van der Waals surface area contributed by atoms with Gasteiger partial charge < -0.3 is 10.4 Å². The Hall–Kier alpha value is -1.45. The van der Waals surface area contributed by atoms with Crippen molar-refractivity contribution in [1.29, 1.82) is 0 Å². The van der Waals surface area contributed by atoms with Gasteiger partial charge in [0.2, 0.25) is 0 Å². The highest BCUT2D eigenvalue weighted by Crippen LogP contribution is 1.92. The molecule has 60 valence electrons. The van der Waals surface area contributed by atoms with E-state index in [1.165, 1.54) is 12.4 Å². The molecule has 0 aliphatic carbocycles. The Balaban J connectivity index is 3.50. The zero-order valence-electron chi connectivity index (χ0n) is 6.44. The van der Waals surface area contributed by atoms with E-state index in [4.69, 9.17) is 10.4 Å². The Bertz CT molecular complexity index is 301. The molecule has 0 aliphatic heterocycles. The second-order valence-corrected chi connectivity index (χ2v) is 2.45. The molecule has 2 N–H and O–H groups in total. The van der Waals surface area contributed by atoms with Gasteiger partial charge in [-0.15, -0.1) is 0 Å². The van der Waals surface area contributed by atoms with Crippen LogP contribution in [-0.2, 0) is 0 Å². The van der Waals surface area contributed by atoms with E-state index >= 15 is 0 Å². The molecule has 0 spiro atoms. The first-order chi connectivity index (χ1) is 5.15. The van der Waals surface area contributed by atoms with Crippen molar-refractivity contribution in [2.45, 2.75) is 13.8 Å². The topological polar surface area (TPSA) is 57.8 Å². The summed E-state index contributed by atoms with van der Waals surface area (Å²) in [6.45, 7) is 3.52. The summed E-state index contributed by atoms with van der Waals surface area (Å²) in [4.78, 5) is 0. The molecule has 0 amide bonds. The van der Waals surface area contributed by atoms with E-state index in [-0.39, 0.29) is 0 Å². The lowest BCUT2D eigenvalue weighted by molar-refractivity contribution is 0.182. The predicted molar refractivity (Wildman–Crippen MR) is 38.4 cm³/mol. The summed E-state index contributed by atoms with van der Waals surface area (Å²) in [5.41, 5.74) is 1.46. The van der Waals surface area contributed by atoms with Crippen molar-refractivity contribution in [3.63, 3.8) is 0 Å². The number of nitrogens with zero attached hydrogens (tertiary/aromatic N) is 2. The second-order valence-electron chi connectivity index (χ2n) is 2.45. The molecule has 0 saturated heterocycles. The molecule has 0 saturated carbocycles. The Morgan fingerprint density at radius 2 is 1.73 bits per heavy atom. The van der Waals surface area contributed by atoms with Crippen molar-refractivity contribution in [2.24, 2.45) is 5.16 Å². The van der Waals surface area contributed by atoms with Gasteiger partial charge in [0.1, 0.15) is 5.36 Å². The Labute approximate surface area is 64.0 Å². The van der Waals surface area contributed by atoms with Crippen molar-refractivity contribution >= 4 is 0 Å². The SMILES string of the molecule is Cc1cn(O)cc(C)c1=NO. The zero-order valence-corrected chi connectivity index (χ0v) is 6.44. The summed E-state index contributed by atoms with van der Waals surface area (Å²) in [5, 5.41) is 21.1. The van der Waals surface area contributed by atoms with Gasteiger partial charge in [0.05, 0.1) is 0 Å². The molecule has 1 aromatic rings. The van der Waals surface area contributed by atoms with Crippen LogP contribution in [0.5, 0.6) is 0 Å². The molecule has 0 aliphatic rings. The smallest absolute Gasteiger partial charge is 0.111 e. The average molecular weight is 154 g/mol. The molecule has 4 nitrogen and oxygen atoms in total. The Kier molecular flexibility index (Phi) is 1.85. The van der Waals surface area contributed by atoms with Gasteiger partial charge >= 0.3 is 0 Å². The van der Waals surface area contributed by atoms with E-state index in [0.717, 1.165) is 15.9 Å². The fourth-order valence-corrected chi connectivity index (χ4v) is 1.03. The maximum absolute atomic E-state index is 9.01. The fraction of sp³-hybridized carbons (Fsp3) is 0.286. The third kappa shape index (κ3) is 1.34. The van der Waals surface area contributed by atoms with Gasteiger partial charge in [0, 0.05) is 12.4 Å². The van der Waals surface area contributed by atoms with Crippen LogP contribution in [0.3, 0.4) is 0 Å². The normalized spacial score (nSPS) is 9.64. The Morgan fingerprint density at radius 3 is 2.09 bits per heavy atom. The summed E-state index contributed by atoms with van der Waals surface area (Å²) in [5.74, 6) is 0. The van der Waals surface area contributed by atoms with Crippen LogP contribution in [0.4, 0.5) is 0 Å². The molecule has 4 heteroatoms. The zero-order chi connectivity index (χ0) is 8.43. The summed E-state index contributed by atoms with van der Waals surface area (Å²) in [6.07, 6.45) is 2.95. The fourth-order valence-electron chi connectivity index (χ4n) is 1.03. The van der Waals surface area contributed by atoms with Crippen molar-refractivity contribution in [3.05, 3.63) is 28.9 Å². The lowest BCUT2D eigenvalue weighted by Gasteiger charge is -2.01. The van der Waals surface area contributed by atoms with Gasteiger partial charge in [-0.25, -0.2) is 4.73 Å². The molecule has 0 atom stereocenters. The molecule has 11 heavy (non-hydrogen) atoms. The van der Waals surface area contributed by atoms with Gasteiger partial charge in [0.25, 0.3) is 0 Å². The summed E-state index contributed by atoms with van der Waals surface area (Å²) >= 11 is 0. The van der Waals surface area contributed by atoms with Crippen LogP contribution in [0.25, 0.3) is 0 Å². The van der Waals surface area contributed by atoms with Crippen LogP contribution >= 0.6 is 0 Å². The molecule has 0 unspecified atom stereocenters. The molecule has 0 bridgehead atoms. The lowest BCUT2D eigenvalue weighted by atomic mass is 10.2. The van der Waals surface area contributed by atoms with E-state index in [0.29, 0.717) is 5.36 Å². The first-order valence-electron chi connectivity index (χ1n) is 3.22. The first-order valence-corrected chi connectivity index (χ1v) is 3.22. The minimum atomic E-state index is 0.510. The van der Waals surface area contributed by atoms with Gasteiger partial charge in [-0.2, -0.15) is 0 Å². The van der Waals surface area contributed by atoms with Crippen LogP contribution < -0.4 is 5.36 Å². The van der Waals surface area contributed by atoms with Gasteiger partial charge in [-0.1, -0.05) is 5.16 Å². The molecule has 0 radical (unpaired) electrons. The van der Waals surface area contributed by atoms with Crippen LogP contribution in [0.1, 0.15) is 11.1 Å². The summed E-state index contributed by atoms with van der Waals surface area (Å²) in [7, 11) is 0. The van der Waals surface area contributed by atoms with Gasteiger partial charge in [-0.05, 0) is 25.0 Å². The minimum absolute atomic E-state index is 0.510. The molecule has 1 heterocycles. The highest BCUT2D eigenvalue weighted by atomic mass is 16.5. The number of hydrogen-bond donors (Lipinski definition) is 2.